The lowest BCUT2D eigenvalue weighted by atomic mass is 9.97. The molecule has 1 heterocycles. The Hall–Kier alpha value is -6.45. The number of aromatic amines is 1. The molecule has 1 aromatic heterocycles. The van der Waals surface area contributed by atoms with Gasteiger partial charge in [-0.3, -0.25) is 47.9 Å². The van der Waals surface area contributed by atoms with Gasteiger partial charge >= 0.3 is 5.97 Å². The number of benzene rings is 1. The summed E-state index contributed by atoms with van der Waals surface area (Å²) in [5.41, 5.74) is 12.7. The second-order valence-corrected chi connectivity index (χ2v) is 22.7. The Bertz CT molecular complexity index is 2440. The number of carbonyl (C=O) groups excluding carboxylic acids is 10. The lowest BCUT2D eigenvalue weighted by molar-refractivity contribution is -0.142. The monoisotopic (exact) mass is 1160 g/mol. The molecule has 1 aromatic carbocycles. The third kappa shape index (κ3) is 23.0. The zero-order valence-corrected chi connectivity index (χ0v) is 49.3. The number of para-hydroxylation sites is 1. The molecule has 12 atom stereocenters. The summed E-state index contributed by atoms with van der Waals surface area (Å²) in [6.45, 7) is 14.5. The number of aliphatic carboxylic acids is 1. The molecule has 0 unspecified atom stereocenters. The fraction of sp³-hybridized carbons (Fsp3) is 0.642. The van der Waals surface area contributed by atoms with Gasteiger partial charge in [0.1, 0.15) is 54.4 Å². The van der Waals surface area contributed by atoms with Crippen LogP contribution < -0.4 is 59.3 Å². The molecule has 0 bridgehead atoms. The van der Waals surface area contributed by atoms with Crippen LogP contribution in [0.3, 0.4) is 0 Å². The van der Waals surface area contributed by atoms with E-state index < -0.39 is 137 Å². The second-order valence-electron chi connectivity index (χ2n) is 20.7. The van der Waals surface area contributed by atoms with Crippen molar-refractivity contribution in [2.24, 2.45) is 29.2 Å². The number of fused-ring (bicyclic) bond motifs is 1. The summed E-state index contributed by atoms with van der Waals surface area (Å²) in [4.78, 5) is 151. The fourth-order valence-corrected chi connectivity index (χ4v) is 8.99. The minimum Gasteiger partial charge on any atom is -0.480 e. The molecule has 25 nitrogen and oxygen atoms in total. The van der Waals surface area contributed by atoms with Crippen LogP contribution in [0.15, 0.2) is 30.5 Å². The molecule has 0 aliphatic rings. The Morgan fingerprint density at radius 3 is 1.57 bits per heavy atom. The van der Waals surface area contributed by atoms with E-state index in [0.717, 1.165) is 10.9 Å². The number of H-pyrrole nitrogens is 1. The number of carbonyl (C=O) groups is 11. The topological polar surface area (TPSA) is 404 Å². The minimum absolute atomic E-state index is 0.0288. The first-order valence-electron chi connectivity index (χ1n) is 26.8. The van der Waals surface area contributed by atoms with Gasteiger partial charge in [-0.15, -0.1) is 0 Å². The Morgan fingerprint density at radius 1 is 0.575 bits per heavy atom. The minimum atomic E-state index is -1.56. The van der Waals surface area contributed by atoms with E-state index in [1.807, 2.05) is 18.2 Å². The molecular formula is C53H86N12O13S2. The first-order chi connectivity index (χ1) is 37.6. The zero-order chi connectivity index (χ0) is 60.6. The first kappa shape index (κ1) is 69.7. The van der Waals surface area contributed by atoms with E-state index in [1.54, 1.807) is 66.3 Å². The highest BCUT2D eigenvalue weighted by Gasteiger charge is 2.36. The van der Waals surface area contributed by atoms with Gasteiger partial charge < -0.3 is 74.5 Å². The van der Waals surface area contributed by atoms with Crippen LogP contribution >= 0.6 is 23.5 Å². The van der Waals surface area contributed by atoms with Crippen molar-refractivity contribution in [1.82, 2.24) is 52.8 Å². The summed E-state index contributed by atoms with van der Waals surface area (Å²) in [6.07, 6.45) is 3.67. The molecule has 27 heteroatoms. The van der Waals surface area contributed by atoms with E-state index in [0.29, 0.717) is 23.5 Å². The number of nitrogens with two attached hydrogens (primary N) is 2. The molecular weight excluding hydrogens is 1080 g/mol. The molecule has 2 rings (SSSR count). The second kappa shape index (κ2) is 34.6. The highest BCUT2D eigenvalue weighted by molar-refractivity contribution is 7.98. The number of aliphatic hydroxyl groups excluding tert-OH is 1. The van der Waals surface area contributed by atoms with Crippen LogP contribution in [-0.4, -0.2) is 171 Å². The van der Waals surface area contributed by atoms with E-state index in [1.165, 1.54) is 44.3 Å². The maximum Gasteiger partial charge on any atom is 0.326 e. The highest BCUT2D eigenvalue weighted by Crippen LogP contribution is 2.20. The van der Waals surface area contributed by atoms with E-state index >= 15 is 0 Å². The van der Waals surface area contributed by atoms with Crippen molar-refractivity contribution in [2.75, 3.05) is 24.0 Å². The van der Waals surface area contributed by atoms with Gasteiger partial charge in [0.2, 0.25) is 59.1 Å². The van der Waals surface area contributed by atoms with E-state index in [4.69, 9.17) is 11.5 Å². The quantitative estimate of drug-likeness (QED) is 0.0406. The predicted octanol–water partition coefficient (Wildman–Crippen LogP) is -0.574. The van der Waals surface area contributed by atoms with Gasteiger partial charge in [0.25, 0.3) is 0 Å². The van der Waals surface area contributed by atoms with Crippen molar-refractivity contribution >= 4 is 99.5 Å². The molecule has 0 radical (unpaired) electrons. The SMILES string of the molecule is CC[C@H](C)[C@H](NC(=O)[C@H](C)NC(=O)[C@H](Cc1c[nH]c2ccccc12)NC(=O)[C@H](CC(C)C)NC(=O)[C@H](C)NC(=O)[C@H](CCSC)NC(=O)[C@H](CCC(N)=O)NC(=O)[C@@H](NC(=O)[C@@H](N)C(C)C)[C@@H](C)O)C(=O)N[C@@H](CCSC)C(=O)O. The van der Waals surface area contributed by atoms with E-state index in [9.17, 15) is 63.0 Å². The molecule has 16 N–H and O–H groups in total. The van der Waals surface area contributed by atoms with Crippen LogP contribution in [0.25, 0.3) is 10.9 Å². The fourth-order valence-electron chi connectivity index (χ4n) is 8.05. The summed E-state index contributed by atoms with van der Waals surface area (Å²) < 4.78 is 0. The maximum atomic E-state index is 14.4. The van der Waals surface area contributed by atoms with Crippen molar-refractivity contribution in [1.29, 1.82) is 0 Å². The average Bonchev–Trinajstić information content (AvgIpc) is 3.81. The van der Waals surface area contributed by atoms with Crippen molar-refractivity contribution in [2.45, 2.75) is 174 Å². The third-order valence-electron chi connectivity index (χ3n) is 13.2. The number of amides is 10. The average molecular weight is 1160 g/mol. The standard InChI is InChI=1S/C53H86N12O13S2/c1-12-28(6)42(51(75)61-37(53(77)78)20-22-80-11)64-45(69)30(8)58-48(72)39(24-32-25-56-34-16-14-13-15-33(32)34)63-49(73)38(23-26(2)3)62-44(68)29(7)57-46(70)36(19-21-79-10)59-47(71)35(17-18-40(54)67)60-52(76)43(31(9)66)65-50(74)41(55)27(4)5/h13-16,25-31,35-39,41-43,56,66H,12,17-24,55H2,1-11H3,(H2,54,67)(H,57,70)(H,58,72)(H,59,71)(H,60,76)(H,61,75)(H,62,68)(H,63,73)(H,64,69)(H,65,74)(H,77,78)/t28-,29-,30-,31+,35-,36-,37-,38-,39-,41-,42-,43-/m0/s1. The number of rotatable bonds is 36. The Balaban J connectivity index is 2.38. The van der Waals surface area contributed by atoms with Gasteiger partial charge in [-0.05, 0) is 99.9 Å². The largest absolute Gasteiger partial charge is 0.480 e. The molecule has 0 aliphatic heterocycles. The van der Waals surface area contributed by atoms with Crippen LogP contribution in [-0.2, 0) is 59.2 Å². The van der Waals surface area contributed by atoms with Crippen LogP contribution in [0, 0.1) is 17.8 Å². The zero-order valence-electron chi connectivity index (χ0n) is 47.7. The van der Waals surface area contributed by atoms with Crippen molar-refractivity contribution < 1.29 is 63.0 Å². The van der Waals surface area contributed by atoms with Crippen LogP contribution in [0.4, 0.5) is 0 Å². The van der Waals surface area contributed by atoms with Gasteiger partial charge in [0.15, 0.2) is 0 Å². The predicted molar refractivity (Wildman–Crippen MR) is 306 cm³/mol. The summed E-state index contributed by atoms with van der Waals surface area (Å²) in [6, 6.07) is -5.72. The normalized spacial score (nSPS) is 15.9. The molecule has 0 fully saturated rings. The Morgan fingerprint density at radius 2 is 1.04 bits per heavy atom. The number of thioether (sulfide) groups is 2. The van der Waals surface area contributed by atoms with Crippen molar-refractivity contribution in [3.05, 3.63) is 36.0 Å². The smallest absolute Gasteiger partial charge is 0.326 e. The van der Waals surface area contributed by atoms with Crippen LogP contribution in [0.1, 0.15) is 106 Å². The molecule has 0 saturated heterocycles. The summed E-state index contributed by atoms with van der Waals surface area (Å²) >= 11 is 2.76. The molecule has 80 heavy (non-hydrogen) atoms. The highest BCUT2D eigenvalue weighted by atomic mass is 32.2. The number of carboxylic acid groups (broad SMARTS) is 1. The summed E-state index contributed by atoms with van der Waals surface area (Å²) in [7, 11) is 0. The van der Waals surface area contributed by atoms with Gasteiger partial charge in [0.05, 0.1) is 12.1 Å². The lowest BCUT2D eigenvalue weighted by Crippen LogP contribution is -2.61. The van der Waals surface area contributed by atoms with Crippen LogP contribution in [0.2, 0.25) is 0 Å². The first-order valence-corrected chi connectivity index (χ1v) is 29.6. The van der Waals surface area contributed by atoms with E-state index in [2.05, 4.69) is 52.8 Å². The third-order valence-corrected chi connectivity index (χ3v) is 14.5. The molecule has 448 valence electrons. The summed E-state index contributed by atoms with van der Waals surface area (Å²) in [5, 5.41) is 44.1. The Kier molecular flexibility index (Phi) is 30.2. The summed E-state index contributed by atoms with van der Waals surface area (Å²) in [5.74, 6) is -9.51. The van der Waals surface area contributed by atoms with Crippen molar-refractivity contribution in [3.8, 4) is 0 Å². The number of hydrogen-bond acceptors (Lipinski definition) is 15. The van der Waals surface area contributed by atoms with Crippen molar-refractivity contribution in [3.63, 3.8) is 0 Å². The molecule has 0 saturated carbocycles. The number of aliphatic hydroxyl groups is 1. The van der Waals surface area contributed by atoms with Gasteiger partial charge in [-0.25, -0.2) is 4.79 Å². The Labute approximate surface area is 476 Å². The number of primary amides is 1. The maximum absolute atomic E-state index is 14.4. The molecule has 0 aliphatic carbocycles. The van der Waals surface area contributed by atoms with Crippen LogP contribution in [0.5, 0.6) is 0 Å². The molecule has 2 aromatic rings. The number of hydrogen-bond donors (Lipinski definition) is 14. The van der Waals surface area contributed by atoms with Gasteiger partial charge in [-0.2, -0.15) is 23.5 Å². The van der Waals surface area contributed by atoms with Gasteiger partial charge in [-0.1, -0.05) is 66.2 Å². The number of nitrogens with one attached hydrogen (secondary N) is 10. The number of carboxylic acids is 1. The number of aromatic nitrogens is 1. The van der Waals surface area contributed by atoms with E-state index in [-0.39, 0.29) is 50.4 Å². The molecule has 0 spiro atoms. The van der Waals surface area contributed by atoms with Gasteiger partial charge in [0, 0.05) is 29.9 Å². The lowest BCUT2D eigenvalue weighted by Gasteiger charge is -2.28. The molecule has 10 amide bonds.